The molecule has 1 aromatic carbocycles. The van der Waals surface area contributed by atoms with Gasteiger partial charge in [0.15, 0.2) is 5.16 Å². The lowest BCUT2D eigenvalue weighted by Gasteiger charge is -2.09. The summed E-state index contributed by atoms with van der Waals surface area (Å²) in [4.78, 5) is 32.0. The zero-order valence-electron chi connectivity index (χ0n) is 13.9. The number of hydrogen-bond donors (Lipinski definition) is 1. The number of fused-ring (bicyclic) bond motifs is 1. The second-order valence-electron chi connectivity index (χ2n) is 5.64. The van der Waals surface area contributed by atoms with Gasteiger partial charge in [-0.25, -0.2) is 9.78 Å². The van der Waals surface area contributed by atoms with E-state index in [1.54, 1.807) is 18.3 Å². The molecule has 0 saturated heterocycles. The fourth-order valence-electron chi connectivity index (χ4n) is 2.27. The van der Waals surface area contributed by atoms with Gasteiger partial charge in [0, 0.05) is 11.9 Å². The number of thioether (sulfide) groups is 1. The highest BCUT2D eigenvalue weighted by Gasteiger charge is 2.30. The van der Waals surface area contributed by atoms with E-state index in [1.807, 2.05) is 6.92 Å². The molecule has 0 bridgehead atoms. The number of hydrogen-bond acceptors (Lipinski definition) is 5. The summed E-state index contributed by atoms with van der Waals surface area (Å²) < 4.78 is 39.4. The number of rotatable bonds is 4. The Labute approximate surface area is 155 Å². The number of aromatic nitrogens is 3. The van der Waals surface area contributed by atoms with Crippen LogP contribution in [0.15, 0.2) is 52.5 Å². The highest BCUT2D eigenvalue weighted by Crippen LogP contribution is 2.30. The van der Waals surface area contributed by atoms with Gasteiger partial charge < -0.3 is 5.32 Å². The number of alkyl halides is 3. The number of nitrogens with zero attached hydrogens (tertiary/aromatic N) is 3. The molecule has 2 heterocycles. The molecular weight excluding hydrogens is 381 g/mol. The van der Waals surface area contributed by atoms with Crippen LogP contribution >= 0.6 is 11.8 Å². The third kappa shape index (κ3) is 4.64. The molecule has 0 unspecified atom stereocenters. The first-order valence-electron chi connectivity index (χ1n) is 7.69. The lowest BCUT2D eigenvalue weighted by molar-refractivity contribution is -0.137. The summed E-state index contributed by atoms with van der Waals surface area (Å²) in [5.41, 5.74) is -0.0838. The molecule has 3 rings (SSSR count). The normalized spacial score (nSPS) is 11.6. The van der Waals surface area contributed by atoms with Crippen LogP contribution in [0, 0.1) is 6.92 Å². The summed E-state index contributed by atoms with van der Waals surface area (Å²) in [6.07, 6.45) is -2.89. The van der Waals surface area contributed by atoms with Gasteiger partial charge in [-0.2, -0.15) is 18.2 Å². The Morgan fingerprint density at radius 3 is 2.74 bits per heavy atom. The molecule has 0 atom stereocenters. The molecule has 0 radical (unpaired) electrons. The average molecular weight is 394 g/mol. The molecular formula is C17H13F3N4O2S. The predicted octanol–water partition coefficient (Wildman–Crippen LogP) is 3.15. The molecule has 0 aliphatic carbocycles. The van der Waals surface area contributed by atoms with Crippen LogP contribution in [0.25, 0.3) is 5.65 Å². The zero-order chi connectivity index (χ0) is 19.6. The first-order chi connectivity index (χ1) is 12.7. The number of aryl methyl sites for hydroxylation is 1. The standard InChI is InChI=1S/C17H13F3N4O2S/c1-10-5-6-13-22-15(23-16(26)24(13)8-10)27-9-14(25)21-12-4-2-3-11(7-12)17(18,19)20/h2-8H,9H2,1H3,(H,21,25). The molecule has 0 saturated carbocycles. The van der Waals surface area contributed by atoms with Crippen LogP contribution in [0.4, 0.5) is 18.9 Å². The van der Waals surface area contributed by atoms with Crippen molar-refractivity contribution >= 4 is 29.0 Å². The second kappa shape index (κ2) is 7.39. The van der Waals surface area contributed by atoms with Gasteiger partial charge in [0.1, 0.15) is 5.65 Å². The minimum atomic E-state index is -4.49. The number of halogens is 3. The van der Waals surface area contributed by atoms with E-state index in [4.69, 9.17) is 0 Å². The van der Waals surface area contributed by atoms with Crippen molar-refractivity contribution in [3.63, 3.8) is 0 Å². The van der Waals surface area contributed by atoms with Gasteiger partial charge in [0.2, 0.25) is 5.91 Å². The fourth-order valence-corrected chi connectivity index (χ4v) is 2.90. The first kappa shape index (κ1) is 18.9. The van der Waals surface area contributed by atoms with Crippen molar-refractivity contribution in [3.8, 4) is 0 Å². The summed E-state index contributed by atoms with van der Waals surface area (Å²) >= 11 is 0.921. The van der Waals surface area contributed by atoms with Crippen LogP contribution < -0.4 is 11.0 Å². The second-order valence-corrected chi connectivity index (χ2v) is 6.58. The maximum atomic E-state index is 12.7. The van der Waals surface area contributed by atoms with E-state index < -0.39 is 23.3 Å². The molecule has 1 N–H and O–H groups in total. The van der Waals surface area contributed by atoms with Crippen LogP contribution in [0.2, 0.25) is 0 Å². The van der Waals surface area contributed by atoms with Crippen molar-refractivity contribution in [2.45, 2.75) is 18.3 Å². The molecule has 1 amide bonds. The average Bonchev–Trinajstić information content (AvgIpc) is 2.60. The number of anilines is 1. The van der Waals surface area contributed by atoms with Gasteiger partial charge in [0.05, 0.1) is 11.3 Å². The Balaban J connectivity index is 1.68. The van der Waals surface area contributed by atoms with Crippen LogP contribution in [-0.2, 0) is 11.0 Å². The highest BCUT2D eigenvalue weighted by atomic mass is 32.2. The highest BCUT2D eigenvalue weighted by molar-refractivity contribution is 7.99. The fraction of sp³-hybridized carbons (Fsp3) is 0.176. The smallest absolute Gasteiger partial charge is 0.325 e. The van der Waals surface area contributed by atoms with E-state index >= 15 is 0 Å². The maximum absolute atomic E-state index is 12.7. The maximum Gasteiger partial charge on any atom is 0.416 e. The molecule has 3 aromatic rings. The lowest BCUT2D eigenvalue weighted by atomic mass is 10.2. The Morgan fingerprint density at radius 1 is 1.22 bits per heavy atom. The SMILES string of the molecule is Cc1ccc2nc(SCC(=O)Nc3cccc(C(F)(F)F)c3)nc(=O)n2c1. The van der Waals surface area contributed by atoms with Crippen LogP contribution in [0.3, 0.4) is 0 Å². The monoisotopic (exact) mass is 394 g/mol. The molecule has 0 aliphatic heterocycles. The summed E-state index contributed by atoms with van der Waals surface area (Å²) in [6, 6.07) is 7.79. The van der Waals surface area contributed by atoms with Gasteiger partial charge >= 0.3 is 11.9 Å². The predicted molar refractivity (Wildman–Crippen MR) is 94.8 cm³/mol. The quantitative estimate of drug-likeness (QED) is 0.688. The molecule has 0 aliphatic rings. The van der Waals surface area contributed by atoms with E-state index in [1.165, 1.54) is 16.5 Å². The van der Waals surface area contributed by atoms with E-state index in [0.29, 0.717) is 5.65 Å². The zero-order valence-corrected chi connectivity index (χ0v) is 14.8. The summed E-state index contributed by atoms with van der Waals surface area (Å²) in [6.45, 7) is 1.83. The molecule has 2 aromatic heterocycles. The number of nitrogens with one attached hydrogen (secondary N) is 1. The van der Waals surface area contributed by atoms with Gasteiger partial charge in [0.25, 0.3) is 0 Å². The van der Waals surface area contributed by atoms with Crippen molar-refractivity contribution in [1.29, 1.82) is 0 Å². The lowest BCUT2D eigenvalue weighted by Crippen LogP contribution is -2.20. The molecule has 10 heteroatoms. The van der Waals surface area contributed by atoms with Crippen molar-refractivity contribution in [1.82, 2.24) is 14.4 Å². The summed E-state index contributed by atoms with van der Waals surface area (Å²) in [7, 11) is 0. The molecule has 27 heavy (non-hydrogen) atoms. The number of benzene rings is 1. The van der Waals surface area contributed by atoms with E-state index in [0.717, 1.165) is 29.5 Å². The third-order valence-corrected chi connectivity index (χ3v) is 4.34. The number of pyridine rings is 1. The molecule has 0 spiro atoms. The van der Waals surface area contributed by atoms with Crippen molar-refractivity contribution in [2.24, 2.45) is 0 Å². The number of carbonyl (C=O) groups excluding carboxylic acids is 1. The first-order valence-corrected chi connectivity index (χ1v) is 8.68. The van der Waals surface area contributed by atoms with Crippen LogP contribution in [0.1, 0.15) is 11.1 Å². The number of amides is 1. The molecule has 0 fully saturated rings. The van der Waals surface area contributed by atoms with Crippen LogP contribution in [0.5, 0.6) is 0 Å². The van der Waals surface area contributed by atoms with E-state index in [-0.39, 0.29) is 16.6 Å². The van der Waals surface area contributed by atoms with Crippen molar-refractivity contribution in [3.05, 3.63) is 64.2 Å². The Bertz CT molecular complexity index is 1070. The topological polar surface area (TPSA) is 76.4 Å². The van der Waals surface area contributed by atoms with Gasteiger partial charge in [-0.1, -0.05) is 23.9 Å². The van der Waals surface area contributed by atoms with E-state index in [2.05, 4.69) is 15.3 Å². The van der Waals surface area contributed by atoms with Crippen molar-refractivity contribution < 1.29 is 18.0 Å². The largest absolute Gasteiger partial charge is 0.416 e. The Kier molecular flexibility index (Phi) is 5.17. The summed E-state index contributed by atoms with van der Waals surface area (Å²) in [5, 5.41) is 2.50. The van der Waals surface area contributed by atoms with Gasteiger partial charge in [-0.3, -0.25) is 9.20 Å². The Hall–Kier alpha value is -2.88. The van der Waals surface area contributed by atoms with E-state index in [9.17, 15) is 22.8 Å². The Morgan fingerprint density at radius 2 is 2.00 bits per heavy atom. The summed E-state index contributed by atoms with van der Waals surface area (Å²) in [5.74, 6) is -0.690. The molecule has 6 nitrogen and oxygen atoms in total. The minimum absolute atomic E-state index is 0.0328. The third-order valence-electron chi connectivity index (χ3n) is 3.49. The minimum Gasteiger partial charge on any atom is -0.325 e. The van der Waals surface area contributed by atoms with Gasteiger partial charge in [-0.05, 0) is 36.8 Å². The van der Waals surface area contributed by atoms with Gasteiger partial charge in [-0.15, -0.1) is 0 Å². The number of carbonyl (C=O) groups is 1. The van der Waals surface area contributed by atoms with Crippen LogP contribution in [-0.4, -0.2) is 26.0 Å². The molecule has 140 valence electrons. The van der Waals surface area contributed by atoms with Crippen molar-refractivity contribution in [2.75, 3.05) is 11.1 Å².